The SMILES string of the molecule is C[S+]([O-])CCN.O=C(O)c1cccnc1. The van der Waals surface area contributed by atoms with Gasteiger partial charge in [-0.25, -0.2) is 4.79 Å². The second-order valence-corrected chi connectivity index (χ2v) is 4.17. The van der Waals surface area contributed by atoms with Gasteiger partial charge in [-0.3, -0.25) is 4.98 Å². The number of aromatic nitrogens is 1. The topological polar surface area (TPSA) is 99.3 Å². The lowest BCUT2D eigenvalue weighted by atomic mass is 10.3. The first-order valence-corrected chi connectivity index (χ1v) is 5.94. The van der Waals surface area contributed by atoms with Crippen LogP contribution in [-0.4, -0.2) is 39.2 Å². The third kappa shape index (κ3) is 7.92. The summed E-state index contributed by atoms with van der Waals surface area (Å²) in [5.74, 6) is -0.317. The lowest BCUT2D eigenvalue weighted by Gasteiger charge is -1.98. The van der Waals surface area contributed by atoms with E-state index in [9.17, 15) is 9.35 Å². The first kappa shape index (κ1) is 13.9. The van der Waals surface area contributed by atoms with E-state index in [1.54, 1.807) is 12.3 Å². The molecule has 1 aromatic rings. The fraction of sp³-hybridized carbons (Fsp3) is 0.333. The van der Waals surface area contributed by atoms with Gasteiger partial charge in [0.1, 0.15) is 5.75 Å². The molecule has 0 aliphatic rings. The molecule has 0 aliphatic carbocycles. The smallest absolute Gasteiger partial charge is 0.337 e. The Morgan fingerprint density at radius 2 is 2.40 bits per heavy atom. The maximum Gasteiger partial charge on any atom is 0.337 e. The number of carboxylic acids is 1. The van der Waals surface area contributed by atoms with Gasteiger partial charge in [-0.1, -0.05) is 11.2 Å². The van der Waals surface area contributed by atoms with E-state index in [1.807, 2.05) is 0 Å². The Balaban J connectivity index is 0.000000288. The van der Waals surface area contributed by atoms with Gasteiger partial charge in [0.15, 0.2) is 0 Å². The van der Waals surface area contributed by atoms with Gasteiger partial charge in [0.05, 0.1) is 11.8 Å². The molecule has 1 heterocycles. The highest BCUT2D eigenvalue weighted by atomic mass is 32.2. The lowest BCUT2D eigenvalue weighted by Crippen LogP contribution is -2.13. The Morgan fingerprint density at radius 3 is 2.60 bits per heavy atom. The molecule has 0 amide bonds. The van der Waals surface area contributed by atoms with Crippen LogP contribution in [0.3, 0.4) is 0 Å². The maximum atomic E-state index is 10.2. The van der Waals surface area contributed by atoms with E-state index in [2.05, 4.69) is 4.98 Å². The van der Waals surface area contributed by atoms with E-state index in [0.29, 0.717) is 12.3 Å². The summed E-state index contributed by atoms with van der Waals surface area (Å²) in [5.41, 5.74) is 5.26. The standard InChI is InChI=1S/C6H5NO2.C3H9NOS/c8-6(9)5-2-1-3-7-4-5;1-6(5)3-2-4/h1-4H,(H,8,9);2-4H2,1H3. The maximum absolute atomic E-state index is 10.2. The fourth-order valence-electron chi connectivity index (χ4n) is 0.655. The van der Waals surface area contributed by atoms with Gasteiger partial charge in [0, 0.05) is 18.9 Å². The van der Waals surface area contributed by atoms with Gasteiger partial charge in [0.2, 0.25) is 0 Å². The number of nitrogens with two attached hydrogens (primary N) is 1. The van der Waals surface area contributed by atoms with Crippen molar-refractivity contribution in [3.63, 3.8) is 0 Å². The lowest BCUT2D eigenvalue weighted by molar-refractivity contribution is 0.0696. The van der Waals surface area contributed by atoms with Gasteiger partial charge in [-0.2, -0.15) is 0 Å². The molecule has 0 radical (unpaired) electrons. The van der Waals surface area contributed by atoms with E-state index in [0.717, 1.165) is 0 Å². The molecular formula is C9H14N2O3S. The summed E-state index contributed by atoms with van der Waals surface area (Å²) >= 11 is -0.691. The normalized spacial score (nSPS) is 11.1. The molecular weight excluding hydrogens is 216 g/mol. The Labute approximate surface area is 91.5 Å². The minimum absolute atomic E-state index is 0.220. The van der Waals surface area contributed by atoms with Crippen molar-refractivity contribution in [2.24, 2.45) is 5.73 Å². The molecule has 0 fully saturated rings. The van der Waals surface area contributed by atoms with Crippen molar-refractivity contribution in [2.45, 2.75) is 0 Å². The highest BCUT2D eigenvalue weighted by molar-refractivity contribution is 7.90. The summed E-state index contributed by atoms with van der Waals surface area (Å²) in [6, 6.07) is 3.08. The van der Waals surface area contributed by atoms with E-state index in [4.69, 9.17) is 10.8 Å². The molecule has 0 aliphatic heterocycles. The number of pyridine rings is 1. The van der Waals surface area contributed by atoms with Crippen LogP contribution >= 0.6 is 0 Å². The molecule has 3 N–H and O–H groups in total. The van der Waals surface area contributed by atoms with E-state index in [-0.39, 0.29) is 5.56 Å². The zero-order valence-electron chi connectivity index (χ0n) is 8.42. The first-order chi connectivity index (χ1) is 7.07. The van der Waals surface area contributed by atoms with Gasteiger partial charge in [-0.15, -0.1) is 0 Å². The summed E-state index contributed by atoms with van der Waals surface area (Å²) in [6.45, 7) is 0.531. The van der Waals surface area contributed by atoms with Crippen LogP contribution in [-0.2, 0) is 11.2 Å². The molecule has 84 valence electrons. The van der Waals surface area contributed by atoms with Crippen LogP contribution in [0.15, 0.2) is 24.5 Å². The molecule has 1 unspecified atom stereocenters. The zero-order chi connectivity index (χ0) is 11.7. The van der Waals surface area contributed by atoms with Crippen molar-refractivity contribution >= 4 is 17.1 Å². The van der Waals surface area contributed by atoms with Crippen molar-refractivity contribution in [1.82, 2.24) is 4.98 Å². The molecule has 0 saturated heterocycles. The van der Waals surface area contributed by atoms with Crippen molar-refractivity contribution in [2.75, 3.05) is 18.6 Å². The number of aromatic carboxylic acids is 1. The number of carboxylic acid groups (broad SMARTS) is 1. The van der Waals surface area contributed by atoms with Gasteiger partial charge in [-0.05, 0) is 12.1 Å². The van der Waals surface area contributed by atoms with E-state index < -0.39 is 17.1 Å². The third-order valence-corrected chi connectivity index (χ3v) is 2.12. The van der Waals surface area contributed by atoms with Crippen LogP contribution in [0.2, 0.25) is 0 Å². The fourth-order valence-corrected chi connectivity index (χ4v) is 0.987. The predicted octanol–water partition coefficient (Wildman–Crippen LogP) is 0.103. The summed E-state index contributed by atoms with van der Waals surface area (Å²) in [6.07, 6.45) is 4.49. The largest absolute Gasteiger partial charge is 0.617 e. The number of hydrogen-bond donors (Lipinski definition) is 2. The van der Waals surface area contributed by atoms with Crippen molar-refractivity contribution in [1.29, 1.82) is 0 Å². The second kappa shape index (κ2) is 8.22. The molecule has 0 saturated carbocycles. The van der Waals surface area contributed by atoms with Crippen molar-refractivity contribution in [3.05, 3.63) is 30.1 Å². The minimum Gasteiger partial charge on any atom is -0.617 e. The number of rotatable bonds is 3. The quantitative estimate of drug-likeness (QED) is 0.718. The van der Waals surface area contributed by atoms with Crippen LogP contribution < -0.4 is 5.73 Å². The molecule has 1 atom stereocenters. The van der Waals surface area contributed by atoms with Gasteiger partial charge >= 0.3 is 5.97 Å². The molecule has 1 aromatic heterocycles. The molecule has 6 heteroatoms. The number of hydrogen-bond acceptors (Lipinski definition) is 4. The third-order valence-electron chi connectivity index (χ3n) is 1.31. The van der Waals surface area contributed by atoms with E-state index in [1.165, 1.54) is 18.5 Å². The summed E-state index contributed by atoms with van der Waals surface area (Å²) in [5, 5.41) is 8.34. The Kier molecular flexibility index (Phi) is 7.61. The summed E-state index contributed by atoms with van der Waals surface area (Å²) in [7, 11) is 0. The monoisotopic (exact) mass is 230 g/mol. The van der Waals surface area contributed by atoms with E-state index >= 15 is 0 Å². The first-order valence-electron chi connectivity index (χ1n) is 4.21. The summed E-state index contributed by atoms with van der Waals surface area (Å²) in [4.78, 5) is 13.8. The van der Waals surface area contributed by atoms with Gasteiger partial charge < -0.3 is 15.4 Å². The second-order valence-electron chi connectivity index (χ2n) is 2.61. The van der Waals surface area contributed by atoms with Gasteiger partial charge in [0.25, 0.3) is 0 Å². The Morgan fingerprint density at radius 1 is 1.73 bits per heavy atom. The van der Waals surface area contributed by atoms with Crippen LogP contribution in [0.25, 0.3) is 0 Å². The van der Waals surface area contributed by atoms with Crippen LogP contribution in [0, 0.1) is 0 Å². The molecule has 1 rings (SSSR count). The molecule has 0 aromatic carbocycles. The highest BCUT2D eigenvalue weighted by Gasteiger charge is 1.97. The van der Waals surface area contributed by atoms with Crippen LogP contribution in [0.4, 0.5) is 0 Å². The molecule has 5 nitrogen and oxygen atoms in total. The zero-order valence-corrected chi connectivity index (χ0v) is 9.24. The highest BCUT2D eigenvalue weighted by Crippen LogP contribution is 1.92. The molecule has 15 heavy (non-hydrogen) atoms. The minimum atomic E-state index is -0.942. The van der Waals surface area contributed by atoms with Crippen molar-refractivity contribution in [3.8, 4) is 0 Å². The average molecular weight is 230 g/mol. The average Bonchev–Trinajstić information content (AvgIpc) is 2.20. The molecule has 0 bridgehead atoms. The van der Waals surface area contributed by atoms with Crippen LogP contribution in [0.5, 0.6) is 0 Å². The molecule has 0 spiro atoms. The number of carbonyl (C=O) groups is 1. The van der Waals surface area contributed by atoms with Crippen LogP contribution in [0.1, 0.15) is 10.4 Å². The Hall–Kier alpha value is -1.11. The number of nitrogens with zero attached hydrogens (tertiary/aromatic N) is 1. The Bertz CT molecular complexity index is 280. The predicted molar refractivity (Wildman–Crippen MR) is 59.2 cm³/mol. The summed E-state index contributed by atoms with van der Waals surface area (Å²) < 4.78 is 10.1. The van der Waals surface area contributed by atoms with Crippen molar-refractivity contribution < 1.29 is 14.5 Å².